The third kappa shape index (κ3) is 8.61. The Hall–Kier alpha value is -1.28. The first-order chi connectivity index (χ1) is 17.3. The molecule has 0 bridgehead atoms. The average Bonchev–Trinajstić information content (AvgIpc) is 2.83. The van der Waals surface area contributed by atoms with Gasteiger partial charge in [-0.1, -0.05) is 47.1 Å². The number of ketones is 1. The lowest BCUT2D eigenvalue weighted by molar-refractivity contribution is -0.221. The number of hydrogen-bond donors (Lipinski definition) is 1. The van der Waals surface area contributed by atoms with E-state index in [9.17, 15) is 14.7 Å². The summed E-state index contributed by atoms with van der Waals surface area (Å²) in [6.07, 6.45) is 4.79. The van der Waals surface area contributed by atoms with Gasteiger partial charge in [0.1, 0.15) is 6.10 Å². The molecule has 37 heavy (non-hydrogen) atoms. The van der Waals surface area contributed by atoms with Crippen LogP contribution < -0.4 is 0 Å². The molecule has 2 aliphatic rings. The van der Waals surface area contributed by atoms with Crippen molar-refractivity contribution in [3.63, 3.8) is 0 Å². The van der Waals surface area contributed by atoms with E-state index in [1.54, 1.807) is 6.92 Å². The minimum Gasteiger partial charge on any atom is -0.461 e. The normalized spacial score (nSPS) is 42.6. The Morgan fingerprint density at radius 2 is 1.73 bits per heavy atom. The number of ether oxygens (including phenoxy) is 3. The molecule has 1 fully saturated rings. The minimum atomic E-state index is -0.964. The second kappa shape index (κ2) is 14.2. The number of aliphatic hydroxyl groups excluding tert-OH is 1. The molecule has 2 heterocycles. The van der Waals surface area contributed by atoms with E-state index in [1.807, 2.05) is 61.7 Å². The highest BCUT2D eigenvalue weighted by atomic mass is 16.7. The Morgan fingerprint density at radius 3 is 2.32 bits per heavy atom. The van der Waals surface area contributed by atoms with Crippen LogP contribution in [0, 0.1) is 36.0 Å². The van der Waals surface area contributed by atoms with Gasteiger partial charge in [0.15, 0.2) is 12.1 Å². The van der Waals surface area contributed by atoms with Crippen LogP contribution in [0.15, 0.2) is 11.6 Å². The second-order valence-corrected chi connectivity index (χ2v) is 12.0. The zero-order valence-electron chi connectivity index (χ0n) is 24.8. The molecule has 2 rings (SSSR count). The maximum atomic E-state index is 13.3. The smallest absolute Gasteiger partial charge is 0.311 e. The number of aliphatic hydroxyl groups is 1. The molecule has 0 aromatic rings. The van der Waals surface area contributed by atoms with Gasteiger partial charge in [0, 0.05) is 30.2 Å². The summed E-state index contributed by atoms with van der Waals surface area (Å²) in [6.45, 7) is 15.6. The zero-order chi connectivity index (χ0) is 28.0. The molecule has 0 aromatic heterocycles. The number of allylic oxidation sites excluding steroid dienone is 1. The van der Waals surface area contributed by atoms with Crippen LogP contribution in [0.4, 0.5) is 0 Å². The highest BCUT2D eigenvalue weighted by Gasteiger charge is 2.40. The summed E-state index contributed by atoms with van der Waals surface area (Å²) >= 11 is 0. The van der Waals surface area contributed by atoms with Gasteiger partial charge in [-0.2, -0.15) is 0 Å². The molecule has 0 aliphatic carbocycles. The van der Waals surface area contributed by atoms with Crippen molar-refractivity contribution in [2.75, 3.05) is 14.1 Å². The number of nitrogens with zero attached hydrogens (tertiary/aromatic N) is 1. The summed E-state index contributed by atoms with van der Waals surface area (Å²) in [4.78, 5) is 28.6. The van der Waals surface area contributed by atoms with Gasteiger partial charge in [0.05, 0.1) is 24.2 Å². The Kier molecular flexibility index (Phi) is 12.3. The number of carbonyl (C=O) groups excluding carboxylic acids is 2. The Bertz CT molecular complexity index is 782. The summed E-state index contributed by atoms with van der Waals surface area (Å²) in [5, 5.41) is 11.4. The van der Waals surface area contributed by atoms with Crippen molar-refractivity contribution in [1.29, 1.82) is 0 Å². The molecule has 0 spiro atoms. The summed E-state index contributed by atoms with van der Waals surface area (Å²) in [7, 11) is 4.08. The van der Waals surface area contributed by atoms with Gasteiger partial charge < -0.3 is 24.2 Å². The van der Waals surface area contributed by atoms with Crippen LogP contribution in [-0.4, -0.2) is 72.6 Å². The molecular weight excluding hydrogens is 470 g/mol. The highest BCUT2D eigenvalue weighted by Crippen LogP contribution is 2.34. The maximum Gasteiger partial charge on any atom is 0.311 e. The average molecular weight is 523 g/mol. The van der Waals surface area contributed by atoms with E-state index in [1.165, 1.54) is 0 Å². The van der Waals surface area contributed by atoms with Crippen molar-refractivity contribution >= 4 is 11.8 Å². The predicted molar refractivity (Wildman–Crippen MR) is 146 cm³/mol. The lowest BCUT2D eigenvalue weighted by atomic mass is 9.79. The van der Waals surface area contributed by atoms with Crippen LogP contribution in [0.1, 0.15) is 81.1 Å². The number of carbonyl (C=O) groups is 2. The molecule has 1 unspecified atom stereocenters. The van der Waals surface area contributed by atoms with E-state index in [4.69, 9.17) is 14.2 Å². The van der Waals surface area contributed by atoms with E-state index in [0.717, 1.165) is 12.8 Å². The first-order valence-electron chi connectivity index (χ1n) is 14.2. The quantitative estimate of drug-likeness (QED) is 0.519. The van der Waals surface area contributed by atoms with E-state index in [0.29, 0.717) is 18.4 Å². The van der Waals surface area contributed by atoms with Gasteiger partial charge in [-0.3, -0.25) is 9.59 Å². The van der Waals surface area contributed by atoms with Crippen molar-refractivity contribution in [1.82, 2.24) is 4.90 Å². The highest BCUT2D eigenvalue weighted by molar-refractivity contribution is 5.96. The van der Waals surface area contributed by atoms with Gasteiger partial charge in [0.25, 0.3) is 0 Å². The van der Waals surface area contributed by atoms with E-state index in [2.05, 4.69) is 18.2 Å². The Balaban J connectivity index is 2.40. The molecule has 1 N–H and O–H groups in total. The molecule has 11 atom stereocenters. The number of hydrogen-bond acceptors (Lipinski definition) is 7. The van der Waals surface area contributed by atoms with Crippen LogP contribution in [0.2, 0.25) is 0 Å². The summed E-state index contributed by atoms with van der Waals surface area (Å²) in [6, 6.07) is 0.211. The van der Waals surface area contributed by atoms with Crippen LogP contribution in [0.3, 0.4) is 0 Å². The molecule has 7 heteroatoms. The molecule has 213 valence electrons. The largest absolute Gasteiger partial charge is 0.461 e. The SMILES string of the molecule is CCC[C@H]1OC(=O)[C@H](C)[C@@H](O)[C@H](C)[C@@H](O[C@H]2[CH]C(N(C)C)C[C@@H](C)O2)[C@@H](C)C[C@@H](C)C(=O)/C(C)=C/[C@H]1C. The van der Waals surface area contributed by atoms with Crippen LogP contribution in [-0.2, 0) is 23.8 Å². The van der Waals surface area contributed by atoms with Gasteiger partial charge >= 0.3 is 5.97 Å². The van der Waals surface area contributed by atoms with E-state index < -0.39 is 30.4 Å². The first kappa shape index (κ1) is 31.9. The molecule has 1 radical (unpaired) electrons. The molecule has 0 saturated carbocycles. The topological polar surface area (TPSA) is 85.3 Å². The molecule has 7 nitrogen and oxygen atoms in total. The van der Waals surface area contributed by atoms with Gasteiger partial charge in [-0.15, -0.1) is 0 Å². The summed E-state index contributed by atoms with van der Waals surface area (Å²) in [5.74, 6) is -1.76. The summed E-state index contributed by atoms with van der Waals surface area (Å²) in [5.41, 5.74) is 0.701. The number of rotatable bonds is 5. The number of Topliss-reactive ketones (excluding diaryl/α,β-unsaturated/α-hetero) is 1. The molecule has 0 amide bonds. The minimum absolute atomic E-state index is 0.0242. The summed E-state index contributed by atoms with van der Waals surface area (Å²) < 4.78 is 18.6. The molecule has 0 aromatic carbocycles. The van der Waals surface area contributed by atoms with Crippen molar-refractivity contribution in [3.8, 4) is 0 Å². The van der Waals surface area contributed by atoms with Gasteiger partial charge in [-0.25, -0.2) is 0 Å². The van der Waals surface area contributed by atoms with Crippen molar-refractivity contribution in [3.05, 3.63) is 18.1 Å². The number of cyclic esters (lactones) is 1. The van der Waals surface area contributed by atoms with Gasteiger partial charge in [0.2, 0.25) is 0 Å². The van der Waals surface area contributed by atoms with Crippen molar-refractivity contribution in [2.45, 2.75) is 118 Å². The standard InChI is InChI=1S/C30H52NO6/c1-11-12-25-17(2)13-18(3)27(32)19(4)14-20(5)29(22(7)28(33)23(8)30(34)36-25)37-26-16-24(31(9)10)15-21(6)35-26/h13,16-17,19-26,28-29,33H,11-12,14-15H2,1-10H3/b18-13+/t17-,19-,20+,21-,22+,23-,24?,25-,26+,28+,29+/m1/s1. The second-order valence-electron chi connectivity index (χ2n) is 12.0. The van der Waals surface area contributed by atoms with Crippen molar-refractivity contribution in [2.24, 2.45) is 29.6 Å². The van der Waals surface area contributed by atoms with Crippen LogP contribution in [0.25, 0.3) is 0 Å². The lowest BCUT2D eigenvalue weighted by Crippen LogP contribution is -2.48. The number of esters is 1. The van der Waals surface area contributed by atoms with Crippen molar-refractivity contribution < 1.29 is 28.9 Å². The fourth-order valence-corrected chi connectivity index (χ4v) is 5.85. The first-order valence-corrected chi connectivity index (χ1v) is 14.2. The molecular formula is C30H52NO6. The third-order valence-corrected chi connectivity index (χ3v) is 8.28. The fraction of sp³-hybridized carbons (Fsp3) is 0.833. The Labute approximate surface area is 225 Å². The monoisotopic (exact) mass is 522 g/mol. The van der Waals surface area contributed by atoms with Crippen LogP contribution >= 0.6 is 0 Å². The van der Waals surface area contributed by atoms with E-state index >= 15 is 0 Å². The lowest BCUT2D eigenvalue weighted by Gasteiger charge is -2.41. The molecule has 1 saturated heterocycles. The predicted octanol–water partition coefficient (Wildman–Crippen LogP) is 4.81. The maximum absolute atomic E-state index is 13.3. The van der Waals surface area contributed by atoms with Gasteiger partial charge in [-0.05, 0) is 65.6 Å². The fourth-order valence-electron chi connectivity index (χ4n) is 5.85. The van der Waals surface area contributed by atoms with E-state index in [-0.39, 0.29) is 47.7 Å². The third-order valence-electron chi connectivity index (χ3n) is 8.28. The van der Waals surface area contributed by atoms with Crippen LogP contribution in [0.5, 0.6) is 0 Å². The Morgan fingerprint density at radius 1 is 1.08 bits per heavy atom. The zero-order valence-corrected chi connectivity index (χ0v) is 24.8. The molecule has 2 aliphatic heterocycles.